The molecule has 0 radical (unpaired) electrons. The zero-order valence-electron chi connectivity index (χ0n) is 13.3. The van der Waals surface area contributed by atoms with Crippen LogP contribution in [-0.4, -0.2) is 9.97 Å². The van der Waals surface area contributed by atoms with E-state index < -0.39 is 0 Å². The van der Waals surface area contributed by atoms with Gasteiger partial charge in [-0.15, -0.1) is 11.3 Å². The maximum Gasteiger partial charge on any atom is 0.128 e. The number of imidazole rings is 1. The van der Waals surface area contributed by atoms with E-state index in [2.05, 4.69) is 57.9 Å². The van der Waals surface area contributed by atoms with Gasteiger partial charge in [0.05, 0.1) is 0 Å². The number of nitrogens with one attached hydrogen (secondary N) is 2. The number of thiophene rings is 1. The molecule has 0 aliphatic heterocycles. The Balaban J connectivity index is 1.67. The summed E-state index contributed by atoms with van der Waals surface area (Å²) >= 11 is 1.78. The van der Waals surface area contributed by atoms with Gasteiger partial charge in [0.15, 0.2) is 0 Å². The van der Waals surface area contributed by atoms with Crippen LogP contribution in [0, 0.1) is 6.92 Å². The fraction of sp³-hybridized carbons (Fsp3) is 0.316. The molecule has 3 aromatic rings. The van der Waals surface area contributed by atoms with Gasteiger partial charge in [-0.2, -0.15) is 0 Å². The van der Waals surface area contributed by atoms with Crippen LogP contribution in [0.1, 0.15) is 52.3 Å². The molecule has 2 heterocycles. The van der Waals surface area contributed by atoms with E-state index in [-0.39, 0.29) is 6.04 Å². The second kappa shape index (κ2) is 6.30. The molecule has 4 heteroatoms. The third kappa shape index (κ3) is 2.96. The van der Waals surface area contributed by atoms with Gasteiger partial charge in [-0.05, 0) is 48.8 Å². The predicted octanol–water partition coefficient (Wildman–Crippen LogP) is 4.54. The minimum Gasteiger partial charge on any atom is -0.347 e. The Morgan fingerprint density at radius 3 is 3.09 bits per heavy atom. The molecule has 2 atom stereocenters. The number of rotatable bonds is 4. The van der Waals surface area contributed by atoms with Crippen LogP contribution in [0.15, 0.2) is 48.1 Å². The molecule has 2 N–H and O–H groups in total. The first-order chi connectivity index (χ1) is 11.3. The average Bonchev–Trinajstić information content (AvgIpc) is 3.26. The fourth-order valence-electron chi connectivity index (χ4n) is 3.48. The van der Waals surface area contributed by atoms with E-state index >= 15 is 0 Å². The molecule has 1 aliphatic carbocycles. The smallest absolute Gasteiger partial charge is 0.128 e. The van der Waals surface area contributed by atoms with Gasteiger partial charge >= 0.3 is 0 Å². The molecular weight excluding hydrogens is 302 g/mol. The van der Waals surface area contributed by atoms with Gasteiger partial charge in [0.2, 0.25) is 0 Å². The molecule has 0 amide bonds. The first-order valence-corrected chi connectivity index (χ1v) is 9.07. The average molecular weight is 323 g/mol. The lowest BCUT2D eigenvalue weighted by Gasteiger charge is -2.30. The summed E-state index contributed by atoms with van der Waals surface area (Å²) in [5.41, 5.74) is 4.29. The van der Waals surface area contributed by atoms with Crippen LogP contribution >= 0.6 is 11.3 Å². The minimum absolute atomic E-state index is 0.126. The molecule has 1 aromatic carbocycles. The van der Waals surface area contributed by atoms with Crippen LogP contribution in [0.25, 0.3) is 0 Å². The van der Waals surface area contributed by atoms with E-state index in [1.54, 1.807) is 11.3 Å². The van der Waals surface area contributed by atoms with Crippen molar-refractivity contribution >= 4 is 11.3 Å². The Morgan fingerprint density at radius 2 is 2.30 bits per heavy atom. The fourth-order valence-corrected chi connectivity index (χ4v) is 4.27. The quantitative estimate of drug-likeness (QED) is 0.740. The van der Waals surface area contributed by atoms with Crippen molar-refractivity contribution in [2.24, 2.45) is 0 Å². The Kier molecular flexibility index (Phi) is 4.02. The SMILES string of the molecule is Cc1ccc2c(c1)[C@H](N[C@H](c1ncc[nH]1)c1cccs1)CCC2. The zero-order valence-corrected chi connectivity index (χ0v) is 14.1. The minimum atomic E-state index is 0.126. The van der Waals surface area contributed by atoms with E-state index in [1.165, 1.54) is 40.8 Å². The third-order valence-corrected chi connectivity index (χ3v) is 5.54. The molecule has 0 unspecified atom stereocenters. The molecule has 3 nitrogen and oxygen atoms in total. The molecule has 118 valence electrons. The van der Waals surface area contributed by atoms with Gasteiger partial charge in [-0.25, -0.2) is 4.98 Å². The van der Waals surface area contributed by atoms with Crippen molar-refractivity contribution in [3.05, 3.63) is 75.5 Å². The summed E-state index contributed by atoms with van der Waals surface area (Å²) in [7, 11) is 0. The highest BCUT2D eigenvalue weighted by Gasteiger charge is 2.26. The number of nitrogens with zero attached hydrogens (tertiary/aromatic N) is 1. The Morgan fingerprint density at radius 1 is 1.35 bits per heavy atom. The van der Waals surface area contributed by atoms with Crippen LogP contribution in [0.5, 0.6) is 0 Å². The number of fused-ring (bicyclic) bond motifs is 1. The van der Waals surface area contributed by atoms with Gasteiger partial charge in [-0.3, -0.25) is 5.32 Å². The van der Waals surface area contributed by atoms with Gasteiger partial charge in [0.1, 0.15) is 11.9 Å². The summed E-state index contributed by atoms with van der Waals surface area (Å²) in [6.45, 7) is 2.18. The number of aryl methyl sites for hydroxylation is 2. The van der Waals surface area contributed by atoms with Gasteiger partial charge in [0.25, 0.3) is 0 Å². The normalized spacial score (nSPS) is 18.6. The number of hydrogen-bond acceptors (Lipinski definition) is 3. The molecule has 0 bridgehead atoms. The highest BCUT2D eigenvalue weighted by atomic mass is 32.1. The summed E-state index contributed by atoms with van der Waals surface area (Å²) in [4.78, 5) is 9.09. The lowest BCUT2D eigenvalue weighted by molar-refractivity contribution is 0.423. The molecule has 0 saturated heterocycles. The standard InChI is InChI=1S/C19H21N3S/c1-13-7-8-14-4-2-5-16(15(14)12-13)22-18(17-6-3-11-23-17)19-20-9-10-21-19/h3,6-12,16,18,22H,2,4-5H2,1H3,(H,20,21)/t16-,18+/m1/s1. The summed E-state index contributed by atoms with van der Waals surface area (Å²) in [5, 5.41) is 5.99. The van der Waals surface area contributed by atoms with Crippen molar-refractivity contribution in [3.8, 4) is 0 Å². The molecular formula is C19H21N3S. The van der Waals surface area contributed by atoms with Crippen LogP contribution in [0.2, 0.25) is 0 Å². The van der Waals surface area contributed by atoms with Crippen LogP contribution in [0.4, 0.5) is 0 Å². The van der Waals surface area contributed by atoms with E-state index in [9.17, 15) is 0 Å². The number of aromatic nitrogens is 2. The van der Waals surface area contributed by atoms with Crippen LogP contribution < -0.4 is 5.32 Å². The largest absolute Gasteiger partial charge is 0.347 e. The highest BCUT2D eigenvalue weighted by molar-refractivity contribution is 7.10. The predicted molar refractivity (Wildman–Crippen MR) is 94.7 cm³/mol. The van der Waals surface area contributed by atoms with E-state index in [0.717, 1.165) is 5.82 Å². The maximum absolute atomic E-state index is 4.50. The van der Waals surface area contributed by atoms with E-state index in [0.29, 0.717) is 6.04 Å². The Bertz CT molecular complexity index is 728. The molecule has 0 saturated carbocycles. The summed E-state index contributed by atoms with van der Waals surface area (Å²) in [5.74, 6) is 0.993. The van der Waals surface area contributed by atoms with Crippen LogP contribution in [-0.2, 0) is 6.42 Å². The molecule has 0 fully saturated rings. The molecule has 1 aliphatic rings. The van der Waals surface area contributed by atoms with Crippen molar-refractivity contribution in [3.63, 3.8) is 0 Å². The topological polar surface area (TPSA) is 40.7 Å². The van der Waals surface area contributed by atoms with E-state index in [4.69, 9.17) is 0 Å². The summed E-state index contributed by atoms with van der Waals surface area (Å²) in [6, 6.07) is 11.7. The first kappa shape index (κ1) is 14.7. The lowest BCUT2D eigenvalue weighted by Crippen LogP contribution is -2.30. The molecule has 4 rings (SSSR count). The monoisotopic (exact) mass is 323 g/mol. The van der Waals surface area contributed by atoms with Crippen molar-refractivity contribution in [1.82, 2.24) is 15.3 Å². The lowest BCUT2D eigenvalue weighted by atomic mass is 9.86. The molecule has 2 aromatic heterocycles. The van der Waals surface area contributed by atoms with Crippen molar-refractivity contribution < 1.29 is 0 Å². The number of aromatic amines is 1. The van der Waals surface area contributed by atoms with Crippen molar-refractivity contribution in [2.75, 3.05) is 0 Å². The Hall–Kier alpha value is -1.91. The van der Waals surface area contributed by atoms with Gasteiger partial charge in [0, 0.05) is 23.3 Å². The zero-order chi connectivity index (χ0) is 15.6. The second-order valence-electron chi connectivity index (χ2n) is 6.24. The molecule has 23 heavy (non-hydrogen) atoms. The summed E-state index contributed by atoms with van der Waals surface area (Å²) in [6.07, 6.45) is 7.34. The van der Waals surface area contributed by atoms with Crippen molar-refractivity contribution in [1.29, 1.82) is 0 Å². The van der Waals surface area contributed by atoms with E-state index in [1.807, 2.05) is 12.4 Å². The van der Waals surface area contributed by atoms with Gasteiger partial charge < -0.3 is 4.98 Å². The number of benzene rings is 1. The Labute approximate surface area is 140 Å². The maximum atomic E-state index is 4.50. The third-order valence-electron chi connectivity index (χ3n) is 4.60. The van der Waals surface area contributed by atoms with Crippen LogP contribution in [0.3, 0.4) is 0 Å². The first-order valence-electron chi connectivity index (χ1n) is 8.19. The van der Waals surface area contributed by atoms with Crippen molar-refractivity contribution in [2.45, 2.75) is 38.3 Å². The second-order valence-corrected chi connectivity index (χ2v) is 7.22. The highest BCUT2D eigenvalue weighted by Crippen LogP contribution is 2.34. The van der Waals surface area contributed by atoms with Gasteiger partial charge in [-0.1, -0.05) is 29.8 Å². The summed E-state index contributed by atoms with van der Waals surface area (Å²) < 4.78 is 0. The number of H-pyrrole nitrogens is 1. The molecule has 0 spiro atoms. The number of hydrogen-bond donors (Lipinski definition) is 2.